The zero-order chi connectivity index (χ0) is 7.40. The molecule has 0 saturated carbocycles. The van der Waals surface area contributed by atoms with Crippen molar-refractivity contribution in [1.29, 1.82) is 0 Å². The van der Waals surface area contributed by atoms with Crippen molar-refractivity contribution in [1.82, 2.24) is 10.5 Å². The largest absolute Gasteiger partial charge is 0.305 e. The molecule has 0 fully saturated rings. The first kappa shape index (κ1) is 7.65. The molecule has 0 amide bonds. The number of rotatable bonds is 3. The Morgan fingerprint density at radius 2 is 2.60 bits per heavy atom. The first-order chi connectivity index (χ1) is 4.84. The van der Waals surface area contributed by atoms with Gasteiger partial charge in [0.05, 0.1) is 18.7 Å². The molecule has 0 aliphatic rings. The Kier molecular flexibility index (Phi) is 2.80. The Morgan fingerprint density at radius 1 is 1.80 bits per heavy atom. The molecule has 4 heteroatoms. The zero-order valence-corrected chi connectivity index (χ0v) is 6.81. The predicted octanol–water partition coefficient (Wildman–Crippen LogP) is 1.36. The molecule has 1 atom stereocenters. The lowest BCUT2D eigenvalue weighted by molar-refractivity contribution is 0.0668. The van der Waals surface area contributed by atoms with E-state index in [1.807, 2.05) is 18.6 Å². The second-order valence-electron chi connectivity index (χ2n) is 1.95. The van der Waals surface area contributed by atoms with Crippen molar-refractivity contribution in [2.24, 2.45) is 0 Å². The summed E-state index contributed by atoms with van der Waals surface area (Å²) in [7, 11) is 1.61. The summed E-state index contributed by atoms with van der Waals surface area (Å²) in [5, 5.41) is 0. The second kappa shape index (κ2) is 3.65. The molecule has 1 aromatic rings. The second-order valence-corrected chi connectivity index (χ2v) is 2.87. The lowest BCUT2D eigenvalue weighted by Gasteiger charge is -2.07. The van der Waals surface area contributed by atoms with Crippen molar-refractivity contribution in [3.63, 3.8) is 0 Å². The molecule has 0 saturated heterocycles. The van der Waals surface area contributed by atoms with Crippen LogP contribution in [0, 0.1) is 0 Å². The third-order valence-electron chi connectivity index (χ3n) is 1.17. The molecule has 0 aliphatic heterocycles. The molecule has 0 spiro atoms. The smallest absolute Gasteiger partial charge is 0.0794 e. The Morgan fingerprint density at radius 3 is 3.10 bits per heavy atom. The van der Waals surface area contributed by atoms with Crippen molar-refractivity contribution in [2.45, 2.75) is 13.0 Å². The van der Waals surface area contributed by atoms with Gasteiger partial charge >= 0.3 is 0 Å². The first-order valence-electron chi connectivity index (χ1n) is 3.01. The molecular weight excluding hydrogens is 148 g/mol. The van der Waals surface area contributed by atoms with Gasteiger partial charge in [-0.15, -0.1) is 11.3 Å². The highest BCUT2D eigenvalue weighted by Crippen LogP contribution is 2.15. The average Bonchev–Trinajstić information content (AvgIpc) is 2.38. The first-order valence-corrected chi connectivity index (χ1v) is 3.89. The van der Waals surface area contributed by atoms with E-state index in [1.165, 1.54) is 4.88 Å². The number of aromatic nitrogens is 1. The Labute approximate surface area is 64.0 Å². The van der Waals surface area contributed by atoms with Crippen molar-refractivity contribution in [2.75, 3.05) is 7.11 Å². The van der Waals surface area contributed by atoms with E-state index in [4.69, 9.17) is 4.84 Å². The van der Waals surface area contributed by atoms with E-state index in [2.05, 4.69) is 10.5 Å². The van der Waals surface area contributed by atoms with Crippen LogP contribution in [0.2, 0.25) is 0 Å². The fraction of sp³-hybridized carbons (Fsp3) is 0.500. The van der Waals surface area contributed by atoms with Gasteiger partial charge in [-0.3, -0.25) is 4.98 Å². The van der Waals surface area contributed by atoms with Gasteiger partial charge in [0, 0.05) is 11.1 Å². The molecule has 0 aromatic carbocycles. The molecule has 10 heavy (non-hydrogen) atoms. The molecule has 1 unspecified atom stereocenters. The molecule has 0 aliphatic carbocycles. The van der Waals surface area contributed by atoms with E-state index in [-0.39, 0.29) is 6.04 Å². The topological polar surface area (TPSA) is 34.1 Å². The monoisotopic (exact) mass is 158 g/mol. The highest BCUT2D eigenvalue weighted by Gasteiger charge is 2.03. The van der Waals surface area contributed by atoms with Gasteiger partial charge in [-0.2, -0.15) is 5.48 Å². The summed E-state index contributed by atoms with van der Waals surface area (Å²) >= 11 is 1.62. The van der Waals surface area contributed by atoms with Crippen LogP contribution in [-0.2, 0) is 4.84 Å². The maximum absolute atomic E-state index is 4.76. The van der Waals surface area contributed by atoms with Crippen LogP contribution in [0.4, 0.5) is 0 Å². The molecule has 1 N–H and O–H groups in total. The number of thiazole rings is 1. The molecule has 56 valence electrons. The maximum atomic E-state index is 4.76. The molecule has 1 heterocycles. The maximum Gasteiger partial charge on any atom is 0.0794 e. The third kappa shape index (κ3) is 1.76. The van der Waals surface area contributed by atoms with Crippen molar-refractivity contribution < 1.29 is 4.84 Å². The van der Waals surface area contributed by atoms with Crippen LogP contribution in [0.1, 0.15) is 17.8 Å². The zero-order valence-electron chi connectivity index (χ0n) is 6.00. The molecule has 0 bridgehead atoms. The van der Waals surface area contributed by atoms with E-state index in [0.29, 0.717) is 0 Å². The van der Waals surface area contributed by atoms with Gasteiger partial charge in [0.15, 0.2) is 0 Å². The molecular formula is C6H10N2OS. The van der Waals surface area contributed by atoms with E-state index in [9.17, 15) is 0 Å². The quantitative estimate of drug-likeness (QED) is 0.674. The molecule has 1 rings (SSSR count). The van der Waals surface area contributed by atoms with E-state index in [0.717, 1.165) is 0 Å². The fourth-order valence-electron chi connectivity index (χ4n) is 0.674. The number of hydrogen-bond donors (Lipinski definition) is 1. The highest BCUT2D eigenvalue weighted by atomic mass is 32.1. The Balaban J connectivity index is 2.50. The van der Waals surface area contributed by atoms with Gasteiger partial charge in [-0.1, -0.05) is 0 Å². The van der Waals surface area contributed by atoms with Crippen LogP contribution >= 0.6 is 11.3 Å². The normalized spacial score (nSPS) is 13.4. The lowest BCUT2D eigenvalue weighted by Crippen LogP contribution is -2.15. The summed E-state index contributed by atoms with van der Waals surface area (Å²) in [6.45, 7) is 2.02. The van der Waals surface area contributed by atoms with E-state index < -0.39 is 0 Å². The van der Waals surface area contributed by atoms with Crippen LogP contribution in [0.15, 0.2) is 11.7 Å². The van der Waals surface area contributed by atoms with Gasteiger partial charge in [0.25, 0.3) is 0 Å². The molecule has 3 nitrogen and oxygen atoms in total. The van der Waals surface area contributed by atoms with Gasteiger partial charge in [0.2, 0.25) is 0 Å². The highest BCUT2D eigenvalue weighted by molar-refractivity contribution is 7.09. The minimum absolute atomic E-state index is 0.234. The lowest BCUT2D eigenvalue weighted by atomic mass is 10.3. The predicted molar refractivity (Wildman–Crippen MR) is 40.7 cm³/mol. The summed E-state index contributed by atoms with van der Waals surface area (Å²) in [5.74, 6) is 0. The van der Waals surface area contributed by atoms with Crippen LogP contribution in [0.3, 0.4) is 0 Å². The summed E-state index contributed by atoms with van der Waals surface area (Å²) in [6, 6.07) is 0.234. The van der Waals surface area contributed by atoms with E-state index in [1.54, 1.807) is 18.4 Å². The fourth-order valence-corrected chi connectivity index (χ4v) is 1.29. The van der Waals surface area contributed by atoms with Gasteiger partial charge in [0.1, 0.15) is 0 Å². The van der Waals surface area contributed by atoms with Crippen LogP contribution in [0.25, 0.3) is 0 Å². The SMILES string of the molecule is CONC(C)c1cncs1. The van der Waals surface area contributed by atoms with E-state index >= 15 is 0 Å². The molecule has 0 radical (unpaired) electrons. The van der Waals surface area contributed by atoms with Crippen molar-refractivity contribution >= 4 is 11.3 Å². The van der Waals surface area contributed by atoms with Gasteiger partial charge in [-0.25, -0.2) is 0 Å². The van der Waals surface area contributed by atoms with Crippen molar-refractivity contribution in [3.05, 3.63) is 16.6 Å². The summed E-state index contributed by atoms with van der Waals surface area (Å²) in [6.07, 6.45) is 1.83. The third-order valence-corrected chi connectivity index (χ3v) is 2.13. The van der Waals surface area contributed by atoms with Crippen LogP contribution < -0.4 is 5.48 Å². The van der Waals surface area contributed by atoms with Crippen molar-refractivity contribution in [3.8, 4) is 0 Å². The molecule has 1 aromatic heterocycles. The summed E-state index contributed by atoms with van der Waals surface area (Å²) in [4.78, 5) is 9.89. The van der Waals surface area contributed by atoms with Gasteiger partial charge < -0.3 is 4.84 Å². The average molecular weight is 158 g/mol. The Hall–Kier alpha value is -0.450. The summed E-state index contributed by atoms with van der Waals surface area (Å²) in [5.41, 5.74) is 4.63. The van der Waals surface area contributed by atoms with Crippen LogP contribution in [0.5, 0.6) is 0 Å². The number of nitrogens with zero attached hydrogens (tertiary/aromatic N) is 1. The minimum atomic E-state index is 0.234. The summed E-state index contributed by atoms with van der Waals surface area (Å²) < 4.78 is 0. The van der Waals surface area contributed by atoms with Gasteiger partial charge in [-0.05, 0) is 6.92 Å². The number of hydrogen-bond acceptors (Lipinski definition) is 4. The number of nitrogens with one attached hydrogen (secondary N) is 1. The number of hydroxylamine groups is 1. The standard InChI is InChI=1S/C6H10N2OS/c1-5(8-9-2)6-3-7-4-10-6/h3-5,8H,1-2H3. The van der Waals surface area contributed by atoms with Crippen LogP contribution in [-0.4, -0.2) is 12.1 Å². The Bertz CT molecular complexity index is 176. The minimum Gasteiger partial charge on any atom is -0.305 e.